The predicted octanol–water partition coefficient (Wildman–Crippen LogP) is 14.4. The first-order valence-electron chi connectivity index (χ1n) is 20.9. The van der Waals surface area contributed by atoms with Crippen LogP contribution in [-0.4, -0.2) is 32.9 Å². The molecule has 0 fully saturated rings. The van der Waals surface area contributed by atoms with Gasteiger partial charge in [-0.15, -0.1) is 0 Å². The lowest BCUT2D eigenvalue weighted by Crippen LogP contribution is -2.19. The summed E-state index contributed by atoms with van der Waals surface area (Å²) >= 11 is 0. The fraction of sp³-hybridized carbons (Fsp3) is 0.952. The first-order chi connectivity index (χ1) is 22.8. The smallest absolute Gasteiger partial charge is 0.188 e. The minimum Gasteiger partial charge on any atom is -0.475 e. The van der Waals surface area contributed by atoms with Crippen molar-refractivity contribution in [3.8, 4) is 0 Å². The summed E-state index contributed by atoms with van der Waals surface area (Å²) in [4.78, 5) is 0. The average Bonchev–Trinajstić information content (AvgIpc) is 3.07. The minimum absolute atomic E-state index is 0.0158. The molecule has 0 aromatic heterocycles. The van der Waals surface area contributed by atoms with E-state index in [0.29, 0.717) is 6.79 Å². The van der Waals surface area contributed by atoms with Crippen LogP contribution in [0.4, 0.5) is 0 Å². The van der Waals surface area contributed by atoms with Gasteiger partial charge >= 0.3 is 0 Å². The molecule has 0 saturated carbocycles. The summed E-state index contributed by atoms with van der Waals surface area (Å²) in [5.74, 6) is 0. The van der Waals surface area contributed by atoms with Crippen LogP contribution in [0.3, 0.4) is 0 Å². The standard InChI is InChI=1S/C42H84O4/c1-4-7-10-13-22-27-32-37-43-41-44-38-33-28-25-20-18-16-17-19-21-26-31-36-42(45-39-34-29-23-14-11-8-5-2)46-40-35-30-24-15-12-9-6-3/h33,38,42H,4-32,34-37,39-41H2,1-3H3. The van der Waals surface area contributed by atoms with E-state index >= 15 is 0 Å². The van der Waals surface area contributed by atoms with Crippen molar-refractivity contribution in [3.63, 3.8) is 0 Å². The zero-order chi connectivity index (χ0) is 33.3. The van der Waals surface area contributed by atoms with Crippen LogP contribution >= 0.6 is 0 Å². The zero-order valence-electron chi connectivity index (χ0n) is 31.8. The van der Waals surface area contributed by atoms with E-state index in [1.807, 2.05) is 6.26 Å². The average molecular weight is 653 g/mol. The molecule has 0 rings (SSSR count). The summed E-state index contributed by atoms with van der Waals surface area (Å²) in [5.41, 5.74) is 0. The van der Waals surface area contributed by atoms with Crippen LogP contribution in [0.15, 0.2) is 12.3 Å². The van der Waals surface area contributed by atoms with E-state index < -0.39 is 0 Å². The highest BCUT2D eigenvalue weighted by molar-refractivity contribution is 4.72. The number of allylic oxidation sites excluding steroid dienone is 1. The van der Waals surface area contributed by atoms with E-state index in [2.05, 4.69) is 26.8 Å². The third-order valence-electron chi connectivity index (χ3n) is 9.15. The van der Waals surface area contributed by atoms with Gasteiger partial charge in [-0.1, -0.05) is 181 Å². The zero-order valence-corrected chi connectivity index (χ0v) is 31.8. The van der Waals surface area contributed by atoms with E-state index in [-0.39, 0.29) is 6.29 Å². The van der Waals surface area contributed by atoms with Crippen molar-refractivity contribution >= 4 is 0 Å². The van der Waals surface area contributed by atoms with Crippen molar-refractivity contribution in [1.29, 1.82) is 0 Å². The molecule has 0 aromatic carbocycles. The summed E-state index contributed by atoms with van der Waals surface area (Å²) in [6.07, 6.45) is 46.0. The number of hydrogen-bond acceptors (Lipinski definition) is 4. The van der Waals surface area contributed by atoms with Crippen molar-refractivity contribution < 1.29 is 18.9 Å². The molecule has 0 aliphatic carbocycles. The van der Waals surface area contributed by atoms with E-state index in [1.165, 1.54) is 186 Å². The second-order valence-electron chi connectivity index (χ2n) is 13.9. The van der Waals surface area contributed by atoms with Crippen molar-refractivity contribution in [1.82, 2.24) is 0 Å². The summed E-state index contributed by atoms with van der Waals surface area (Å²) in [7, 11) is 0. The minimum atomic E-state index is 0.0158. The lowest BCUT2D eigenvalue weighted by Gasteiger charge is -2.19. The van der Waals surface area contributed by atoms with Crippen molar-refractivity contribution in [3.05, 3.63) is 12.3 Å². The molecule has 0 amide bonds. The Hall–Kier alpha value is -0.580. The molecule has 0 saturated heterocycles. The molecular weight excluding hydrogens is 568 g/mol. The fourth-order valence-corrected chi connectivity index (χ4v) is 6.02. The molecule has 0 heterocycles. The highest BCUT2D eigenvalue weighted by Gasteiger charge is 2.09. The second kappa shape index (κ2) is 42.4. The monoisotopic (exact) mass is 653 g/mol. The number of hydrogen-bond donors (Lipinski definition) is 0. The Morgan fingerprint density at radius 3 is 1.22 bits per heavy atom. The van der Waals surface area contributed by atoms with Crippen LogP contribution in [0, 0.1) is 0 Å². The van der Waals surface area contributed by atoms with Crippen LogP contribution in [0.2, 0.25) is 0 Å². The van der Waals surface area contributed by atoms with Gasteiger partial charge in [-0.2, -0.15) is 0 Å². The third kappa shape index (κ3) is 39.6. The maximum Gasteiger partial charge on any atom is 0.188 e. The summed E-state index contributed by atoms with van der Waals surface area (Å²) in [6, 6.07) is 0. The van der Waals surface area contributed by atoms with E-state index in [4.69, 9.17) is 18.9 Å². The highest BCUT2D eigenvalue weighted by atomic mass is 16.7. The Labute approximate surface area is 289 Å². The Kier molecular flexibility index (Phi) is 41.9. The first kappa shape index (κ1) is 45.4. The first-order valence-corrected chi connectivity index (χ1v) is 20.9. The molecule has 46 heavy (non-hydrogen) atoms. The Bertz CT molecular complexity index is 532. The van der Waals surface area contributed by atoms with E-state index in [0.717, 1.165) is 39.1 Å². The van der Waals surface area contributed by atoms with Gasteiger partial charge in [-0.25, -0.2) is 0 Å². The molecule has 0 aromatic rings. The van der Waals surface area contributed by atoms with Gasteiger partial charge in [0.1, 0.15) is 0 Å². The lowest BCUT2D eigenvalue weighted by atomic mass is 10.1. The lowest BCUT2D eigenvalue weighted by molar-refractivity contribution is -0.148. The van der Waals surface area contributed by atoms with Crippen LogP contribution < -0.4 is 0 Å². The summed E-state index contributed by atoms with van der Waals surface area (Å²) in [6.45, 7) is 9.79. The molecule has 0 N–H and O–H groups in total. The van der Waals surface area contributed by atoms with Crippen LogP contribution in [0.25, 0.3) is 0 Å². The molecule has 0 aliphatic heterocycles. The molecule has 0 unspecified atom stereocenters. The van der Waals surface area contributed by atoms with Gasteiger partial charge in [0.15, 0.2) is 13.1 Å². The van der Waals surface area contributed by atoms with Crippen molar-refractivity contribution in [2.45, 2.75) is 233 Å². The number of unbranched alkanes of at least 4 members (excludes halogenated alkanes) is 27. The van der Waals surface area contributed by atoms with Gasteiger partial charge in [-0.05, 0) is 51.0 Å². The normalized spacial score (nSPS) is 11.8. The molecule has 4 nitrogen and oxygen atoms in total. The maximum absolute atomic E-state index is 6.24. The molecule has 4 heteroatoms. The van der Waals surface area contributed by atoms with Gasteiger partial charge in [-0.3, -0.25) is 0 Å². The third-order valence-corrected chi connectivity index (χ3v) is 9.15. The van der Waals surface area contributed by atoms with E-state index in [1.54, 1.807) is 0 Å². The van der Waals surface area contributed by atoms with Crippen LogP contribution in [0.1, 0.15) is 226 Å². The van der Waals surface area contributed by atoms with Crippen molar-refractivity contribution in [2.24, 2.45) is 0 Å². The van der Waals surface area contributed by atoms with Crippen LogP contribution in [0.5, 0.6) is 0 Å². The van der Waals surface area contributed by atoms with Gasteiger partial charge < -0.3 is 18.9 Å². The van der Waals surface area contributed by atoms with Gasteiger partial charge in [0.05, 0.1) is 12.9 Å². The second-order valence-corrected chi connectivity index (χ2v) is 13.9. The number of rotatable bonds is 41. The fourth-order valence-electron chi connectivity index (χ4n) is 6.02. The maximum atomic E-state index is 6.24. The molecule has 0 spiro atoms. The van der Waals surface area contributed by atoms with Gasteiger partial charge in [0.2, 0.25) is 0 Å². The molecule has 0 atom stereocenters. The predicted molar refractivity (Wildman–Crippen MR) is 202 cm³/mol. The topological polar surface area (TPSA) is 36.9 Å². The van der Waals surface area contributed by atoms with E-state index in [9.17, 15) is 0 Å². The quantitative estimate of drug-likeness (QED) is 0.0374. The molecule has 0 radical (unpaired) electrons. The van der Waals surface area contributed by atoms with Crippen molar-refractivity contribution in [2.75, 3.05) is 26.6 Å². The van der Waals surface area contributed by atoms with Gasteiger partial charge in [0.25, 0.3) is 0 Å². The SMILES string of the molecule is CCCCCCCCCOCOC=CCCCCCCCCCCCC(OCCCCCCCCC)OCCCCCCCCC. The Morgan fingerprint density at radius 2 is 0.761 bits per heavy atom. The Morgan fingerprint density at radius 1 is 0.391 bits per heavy atom. The molecule has 276 valence electrons. The highest BCUT2D eigenvalue weighted by Crippen LogP contribution is 2.16. The van der Waals surface area contributed by atoms with Gasteiger partial charge in [0, 0.05) is 13.2 Å². The largest absolute Gasteiger partial charge is 0.475 e. The molecule has 0 bridgehead atoms. The summed E-state index contributed by atoms with van der Waals surface area (Å²) < 4.78 is 23.5. The Balaban J connectivity index is 3.68. The van der Waals surface area contributed by atoms with Crippen LogP contribution in [-0.2, 0) is 18.9 Å². The summed E-state index contributed by atoms with van der Waals surface area (Å²) in [5, 5.41) is 0. The molecule has 0 aliphatic rings. The molecular formula is C42H84O4. The number of ether oxygens (including phenoxy) is 4.